The third-order valence-electron chi connectivity index (χ3n) is 4.89. The molecule has 0 unspecified atom stereocenters. The van der Waals surface area contributed by atoms with E-state index < -0.39 is 0 Å². The lowest BCUT2D eigenvalue weighted by Gasteiger charge is -2.09. The van der Waals surface area contributed by atoms with Crippen molar-refractivity contribution in [1.82, 2.24) is 9.88 Å². The summed E-state index contributed by atoms with van der Waals surface area (Å²) in [5.41, 5.74) is 4.73. The molecule has 2 aromatic carbocycles. The number of ether oxygens (including phenoxy) is 1. The number of aliphatic imine (C=N–C) groups is 1. The summed E-state index contributed by atoms with van der Waals surface area (Å²) in [5.74, 6) is 0.857. The van der Waals surface area contributed by atoms with Crippen molar-refractivity contribution in [3.63, 3.8) is 0 Å². The van der Waals surface area contributed by atoms with E-state index in [1.807, 2.05) is 69.3 Å². The largest absolute Gasteiger partial charge is 0.508 e. The van der Waals surface area contributed by atoms with Crippen LogP contribution in [-0.4, -0.2) is 27.4 Å². The van der Waals surface area contributed by atoms with Crippen LogP contribution in [0, 0.1) is 13.8 Å². The monoisotopic (exact) mass is 433 g/mol. The minimum absolute atomic E-state index is 0.163. The minimum atomic E-state index is -0.163. The number of amides is 1. The number of benzene rings is 2. The Bertz CT molecular complexity index is 1180. The fraction of sp³-hybridized carbons (Fsp3) is 0.167. The minimum Gasteiger partial charge on any atom is -0.508 e. The van der Waals surface area contributed by atoms with E-state index in [0.717, 1.165) is 34.1 Å². The lowest BCUT2D eigenvalue weighted by atomic mass is 10.2. The predicted octanol–water partition coefficient (Wildman–Crippen LogP) is 5.09. The van der Waals surface area contributed by atoms with Crippen molar-refractivity contribution >= 4 is 34.6 Å². The number of nitrogens with one attached hydrogen (secondary N) is 1. The van der Waals surface area contributed by atoms with Crippen molar-refractivity contribution in [3.05, 3.63) is 76.5 Å². The first-order valence-electron chi connectivity index (χ1n) is 9.95. The second-order valence-corrected chi connectivity index (χ2v) is 8.12. The average Bonchev–Trinajstić information content (AvgIpc) is 3.23. The van der Waals surface area contributed by atoms with Crippen LogP contribution < -0.4 is 10.1 Å². The summed E-state index contributed by atoms with van der Waals surface area (Å²) >= 11 is 1.32. The molecule has 2 N–H and O–H groups in total. The van der Waals surface area contributed by atoms with Gasteiger partial charge in [0.2, 0.25) is 0 Å². The number of thioether (sulfide) groups is 1. The molecule has 3 aromatic rings. The van der Waals surface area contributed by atoms with E-state index in [1.165, 1.54) is 11.8 Å². The standard InChI is InChI=1S/C24H23N3O3S/c1-4-30-21-11-5-18(6-12-21)25-24-26-23(29)22(31-24)14-17-13-15(2)27(16(17)3)19-7-9-20(28)10-8-19/h5-14,28H,4H2,1-3H3,(H,25,26,29)/b22-14+. The van der Waals surface area contributed by atoms with Crippen LogP contribution in [0.3, 0.4) is 0 Å². The van der Waals surface area contributed by atoms with Crippen LogP contribution in [0.15, 0.2) is 64.5 Å². The third-order valence-corrected chi connectivity index (χ3v) is 5.80. The Kier molecular flexibility index (Phi) is 5.86. The van der Waals surface area contributed by atoms with E-state index >= 15 is 0 Å². The summed E-state index contributed by atoms with van der Waals surface area (Å²) in [7, 11) is 0. The summed E-state index contributed by atoms with van der Waals surface area (Å²) in [5, 5.41) is 12.9. The molecule has 0 aliphatic carbocycles. The molecule has 0 radical (unpaired) electrons. The molecule has 1 fully saturated rings. The highest BCUT2D eigenvalue weighted by Crippen LogP contribution is 2.31. The number of rotatable bonds is 5. The molecule has 1 aromatic heterocycles. The summed E-state index contributed by atoms with van der Waals surface area (Å²) in [6.07, 6.45) is 1.89. The SMILES string of the molecule is CCOc1ccc(N=C2NC(=O)/C(=C\c3cc(C)n(-c4ccc(O)cc4)c3C)S2)cc1. The van der Waals surface area contributed by atoms with Crippen LogP contribution in [0.4, 0.5) is 5.69 Å². The zero-order valence-corrected chi connectivity index (χ0v) is 18.4. The highest BCUT2D eigenvalue weighted by atomic mass is 32.2. The van der Waals surface area contributed by atoms with Gasteiger partial charge < -0.3 is 19.7 Å². The number of amidine groups is 1. The van der Waals surface area contributed by atoms with Crippen LogP contribution in [0.25, 0.3) is 11.8 Å². The Hall–Kier alpha value is -3.45. The first-order chi connectivity index (χ1) is 14.9. The molecule has 31 heavy (non-hydrogen) atoms. The molecule has 0 bridgehead atoms. The zero-order valence-electron chi connectivity index (χ0n) is 17.5. The molecule has 1 aliphatic rings. The van der Waals surface area contributed by atoms with Gasteiger partial charge in [0.15, 0.2) is 5.17 Å². The molecule has 0 saturated carbocycles. The van der Waals surface area contributed by atoms with Crippen LogP contribution in [0.2, 0.25) is 0 Å². The van der Waals surface area contributed by atoms with Crippen LogP contribution in [-0.2, 0) is 4.79 Å². The first-order valence-corrected chi connectivity index (χ1v) is 10.8. The van der Waals surface area contributed by atoms with Gasteiger partial charge in [-0.1, -0.05) is 0 Å². The second kappa shape index (κ2) is 8.73. The van der Waals surface area contributed by atoms with Gasteiger partial charge in [-0.25, -0.2) is 4.99 Å². The molecular formula is C24H23N3O3S. The number of phenols is 1. The normalized spacial score (nSPS) is 16.2. The topological polar surface area (TPSA) is 75.8 Å². The fourth-order valence-corrected chi connectivity index (χ4v) is 4.29. The Balaban J connectivity index is 1.57. The lowest BCUT2D eigenvalue weighted by molar-refractivity contribution is -0.115. The van der Waals surface area contributed by atoms with Crippen molar-refractivity contribution in [2.45, 2.75) is 20.8 Å². The van der Waals surface area contributed by atoms with Crippen molar-refractivity contribution in [3.8, 4) is 17.2 Å². The number of hydrogen-bond acceptors (Lipinski definition) is 5. The summed E-state index contributed by atoms with van der Waals surface area (Å²) < 4.78 is 7.54. The Morgan fingerprint density at radius 1 is 1.13 bits per heavy atom. The van der Waals surface area contributed by atoms with Gasteiger partial charge in [-0.15, -0.1) is 0 Å². The quantitative estimate of drug-likeness (QED) is 0.550. The summed E-state index contributed by atoms with van der Waals surface area (Å²) in [6, 6.07) is 16.5. The van der Waals surface area contributed by atoms with Crippen molar-refractivity contribution in [1.29, 1.82) is 0 Å². The van der Waals surface area contributed by atoms with E-state index in [2.05, 4.69) is 14.9 Å². The fourth-order valence-electron chi connectivity index (χ4n) is 3.46. The van der Waals surface area contributed by atoms with Gasteiger partial charge in [0.05, 0.1) is 17.2 Å². The van der Waals surface area contributed by atoms with Crippen molar-refractivity contribution in [2.75, 3.05) is 6.61 Å². The van der Waals surface area contributed by atoms with E-state index in [-0.39, 0.29) is 11.7 Å². The van der Waals surface area contributed by atoms with Gasteiger partial charge >= 0.3 is 0 Å². The lowest BCUT2D eigenvalue weighted by Crippen LogP contribution is -2.19. The third kappa shape index (κ3) is 4.51. The number of hydrogen-bond donors (Lipinski definition) is 2. The van der Waals surface area contributed by atoms with Gasteiger partial charge in [0.25, 0.3) is 5.91 Å². The Morgan fingerprint density at radius 3 is 2.52 bits per heavy atom. The molecule has 0 atom stereocenters. The highest BCUT2D eigenvalue weighted by molar-refractivity contribution is 8.18. The number of carbonyl (C=O) groups is 1. The molecule has 1 saturated heterocycles. The van der Waals surface area contributed by atoms with Crippen LogP contribution in [0.1, 0.15) is 23.9 Å². The van der Waals surface area contributed by atoms with E-state index in [4.69, 9.17) is 4.74 Å². The maximum atomic E-state index is 12.5. The van der Waals surface area contributed by atoms with E-state index in [0.29, 0.717) is 16.7 Å². The Morgan fingerprint density at radius 2 is 1.84 bits per heavy atom. The van der Waals surface area contributed by atoms with Crippen LogP contribution >= 0.6 is 11.8 Å². The first kappa shape index (κ1) is 20.8. The van der Waals surface area contributed by atoms with Gasteiger partial charge in [-0.2, -0.15) is 0 Å². The van der Waals surface area contributed by atoms with Crippen molar-refractivity contribution in [2.24, 2.45) is 4.99 Å². The molecule has 0 spiro atoms. The van der Waals surface area contributed by atoms with E-state index in [1.54, 1.807) is 12.1 Å². The highest BCUT2D eigenvalue weighted by Gasteiger charge is 2.24. The van der Waals surface area contributed by atoms with E-state index in [9.17, 15) is 9.90 Å². The molecular weight excluding hydrogens is 410 g/mol. The summed E-state index contributed by atoms with van der Waals surface area (Å²) in [6.45, 7) is 6.58. The molecule has 7 heteroatoms. The predicted molar refractivity (Wildman–Crippen MR) is 125 cm³/mol. The van der Waals surface area contributed by atoms with Crippen molar-refractivity contribution < 1.29 is 14.6 Å². The zero-order chi connectivity index (χ0) is 22.0. The van der Waals surface area contributed by atoms with Gasteiger partial charge in [0.1, 0.15) is 11.5 Å². The number of nitrogens with zero attached hydrogens (tertiary/aromatic N) is 2. The number of carbonyl (C=O) groups excluding carboxylic acids is 1. The van der Waals surface area contributed by atoms with Gasteiger partial charge in [0, 0.05) is 17.1 Å². The molecule has 6 nitrogen and oxygen atoms in total. The average molecular weight is 434 g/mol. The molecule has 1 aliphatic heterocycles. The summed E-state index contributed by atoms with van der Waals surface area (Å²) in [4.78, 5) is 17.6. The van der Waals surface area contributed by atoms with Gasteiger partial charge in [-0.05, 0) is 98.8 Å². The number of aromatic nitrogens is 1. The van der Waals surface area contributed by atoms with Crippen LogP contribution in [0.5, 0.6) is 11.5 Å². The Labute approximate surface area is 185 Å². The molecule has 158 valence electrons. The second-order valence-electron chi connectivity index (χ2n) is 7.09. The number of aromatic hydroxyl groups is 1. The smallest absolute Gasteiger partial charge is 0.264 e. The number of aryl methyl sites for hydroxylation is 1. The number of phenolic OH excluding ortho intramolecular Hbond substituents is 1. The molecule has 2 heterocycles. The maximum Gasteiger partial charge on any atom is 0.264 e. The maximum absolute atomic E-state index is 12.5. The molecule has 4 rings (SSSR count). The van der Waals surface area contributed by atoms with Gasteiger partial charge in [-0.3, -0.25) is 4.79 Å². The molecule has 1 amide bonds.